The van der Waals surface area contributed by atoms with Crippen LogP contribution in [-0.4, -0.2) is 55.1 Å². The van der Waals surface area contributed by atoms with Crippen molar-refractivity contribution >= 4 is 0 Å². The third-order valence-corrected chi connectivity index (χ3v) is 3.62. The molecule has 0 aliphatic rings. The van der Waals surface area contributed by atoms with E-state index in [2.05, 4.69) is 43.1 Å². The molecule has 0 saturated heterocycles. The largest absolute Gasteiger partial charge is 0.383 e. The molecule has 0 aliphatic carbocycles. The summed E-state index contributed by atoms with van der Waals surface area (Å²) in [4.78, 5) is 2.27. The summed E-state index contributed by atoms with van der Waals surface area (Å²) in [6, 6.07) is 0.338. The summed E-state index contributed by atoms with van der Waals surface area (Å²) in [6.45, 7) is 10.1. The Morgan fingerprint density at radius 2 is 2.05 bits per heavy atom. The van der Waals surface area contributed by atoms with Gasteiger partial charge in [-0.15, -0.1) is 0 Å². The van der Waals surface area contributed by atoms with Crippen LogP contribution >= 0.6 is 0 Å². The first-order chi connectivity index (χ1) is 8.97. The maximum atomic E-state index is 5.07. The van der Waals surface area contributed by atoms with Crippen molar-refractivity contribution < 1.29 is 4.74 Å². The Hall–Kier alpha value is -0.910. The van der Waals surface area contributed by atoms with E-state index in [4.69, 9.17) is 4.74 Å². The van der Waals surface area contributed by atoms with Crippen molar-refractivity contribution in [2.75, 3.05) is 40.4 Å². The van der Waals surface area contributed by atoms with Crippen LogP contribution in [-0.2, 0) is 11.8 Å². The highest BCUT2D eigenvalue weighted by molar-refractivity contribution is 5.27. The second-order valence-corrected chi connectivity index (χ2v) is 5.18. The molecular formula is C14H28N4O. The first-order valence-corrected chi connectivity index (χ1v) is 6.88. The number of rotatable bonds is 8. The monoisotopic (exact) mass is 268 g/mol. The Labute approximate surface area is 116 Å². The first-order valence-electron chi connectivity index (χ1n) is 6.88. The highest BCUT2D eigenvalue weighted by atomic mass is 16.5. The highest BCUT2D eigenvalue weighted by Crippen LogP contribution is 2.20. The van der Waals surface area contributed by atoms with E-state index in [1.54, 1.807) is 7.11 Å². The molecule has 5 nitrogen and oxygen atoms in total. The molecule has 19 heavy (non-hydrogen) atoms. The van der Waals surface area contributed by atoms with Crippen LogP contribution in [0.5, 0.6) is 0 Å². The average molecular weight is 268 g/mol. The first kappa shape index (κ1) is 16.1. The van der Waals surface area contributed by atoms with Crippen LogP contribution in [0.15, 0.2) is 0 Å². The molecule has 1 atom stereocenters. The van der Waals surface area contributed by atoms with Gasteiger partial charge in [0.25, 0.3) is 0 Å². The van der Waals surface area contributed by atoms with Crippen molar-refractivity contribution in [3.8, 4) is 0 Å². The molecule has 0 fully saturated rings. The summed E-state index contributed by atoms with van der Waals surface area (Å²) in [6.07, 6.45) is 0. The minimum absolute atomic E-state index is 0.338. The van der Waals surface area contributed by atoms with Gasteiger partial charge in [-0.3, -0.25) is 4.68 Å². The van der Waals surface area contributed by atoms with Crippen molar-refractivity contribution in [3.05, 3.63) is 17.0 Å². The zero-order valence-electron chi connectivity index (χ0n) is 13.2. The number of likely N-dealkylation sites (N-methyl/N-ethyl adjacent to an activating group) is 1. The molecule has 1 unspecified atom stereocenters. The lowest BCUT2D eigenvalue weighted by atomic mass is 10.1. The van der Waals surface area contributed by atoms with E-state index >= 15 is 0 Å². The van der Waals surface area contributed by atoms with Crippen LogP contribution < -0.4 is 5.32 Å². The van der Waals surface area contributed by atoms with Gasteiger partial charge in [0, 0.05) is 51.1 Å². The average Bonchev–Trinajstić information content (AvgIpc) is 2.60. The SMILES string of the molecule is COCCN(C)CCNC(C)c1c(C)nn(C)c1C. The Morgan fingerprint density at radius 1 is 1.37 bits per heavy atom. The van der Waals surface area contributed by atoms with Crippen LogP contribution in [0.25, 0.3) is 0 Å². The number of ether oxygens (including phenoxy) is 1. The fourth-order valence-electron chi connectivity index (χ4n) is 2.35. The molecule has 0 aliphatic heterocycles. The fourth-order valence-corrected chi connectivity index (χ4v) is 2.35. The van der Waals surface area contributed by atoms with E-state index in [-0.39, 0.29) is 0 Å². The van der Waals surface area contributed by atoms with Crippen molar-refractivity contribution in [1.82, 2.24) is 20.0 Å². The van der Waals surface area contributed by atoms with Gasteiger partial charge in [-0.2, -0.15) is 5.10 Å². The zero-order chi connectivity index (χ0) is 14.4. The lowest BCUT2D eigenvalue weighted by molar-refractivity contribution is 0.161. The van der Waals surface area contributed by atoms with Gasteiger partial charge in [-0.25, -0.2) is 0 Å². The quantitative estimate of drug-likeness (QED) is 0.771. The van der Waals surface area contributed by atoms with E-state index in [1.807, 2.05) is 11.7 Å². The predicted octanol–water partition coefficient (Wildman–Crippen LogP) is 1.27. The Balaban J connectivity index is 2.41. The second kappa shape index (κ2) is 7.62. The zero-order valence-corrected chi connectivity index (χ0v) is 13.2. The number of aromatic nitrogens is 2. The maximum Gasteiger partial charge on any atom is 0.0644 e. The molecule has 110 valence electrons. The molecule has 1 heterocycles. The van der Waals surface area contributed by atoms with Crippen LogP contribution in [0.2, 0.25) is 0 Å². The van der Waals surface area contributed by atoms with Gasteiger partial charge in [0.2, 0.25) is 0 Å². The number of hydrogen-bond donors (Lipinski definition) is 1. The topological polar surface area (TPSA) is 42.3 Å². The third-order valence-electron chi connectivity index (χ3n) is 3.62. The number of nitrogens with zero attached hydrogens (tertiary/aromatic N) is 3. The number of aryl methyl sites for hydroxylation is 2. The molecule has 1 aromatic rings. The summed E-state index contributed by atoms with van der Waals surface area (Å²) in [5.74, 6) is 0. The van der Waals surface area contributed by atoms with Crippen molar-refractivity contribution in [1.29, 1.82) is 0 Å². The van der Waals surface area contributed by atoms with Crippen molar-refractivity contribution in [2.24, 2.45) is 7.05 Å². The molecule has 0 aromatic carbocycles. The summed E-state index contributed by atoms with van der Waals surface area (Å²) >= 11 is 0. The number of methoxy groups -OCH3 is 1. The van der Waals surface area contributed by atoms with Crippen LogP contribution in [0.4, 0.5) is 0 Å². The molecular weight excluding hydrogens is 240 g/mol. The minimum atomic E-state index is 0.338. The lowest BCUT2D eigenvalue weighted by Crippen LogP contribution is -2.32. The molecule has 0 spiro atoms. The smallest absolute Gasteiger partial charge is 0.0644 e. The lowest BCUT2D eigenvalue weighted by Gasteiger charge is -2.19. The Kier molecular flexibility index (Phi) is 6.48. The molecule has 1 aromatic heterocycles. The number of hydrogen-bond acceptors (Lipinski definition) is 4. The standard InChI is InChI=1S/C14H28N4O/c1-11(14-12(2)16-18(5)13(14)3)15-7-8-17(4)9-10-19-6/h11,15H,7-10H2,1-6H3. The van der Waals surface area contributed by atoms with Gasteiger partial charge in [-0.1, -0.05) is 0 Å². The van der Waals surface area contributed by atoms with E-state index < -0.39 is 0 Å². The van der Waals surface area contributed by atoms with E-state index in [0.29, 0.717) is 6.04 Å². The molecule has 1 rings (SSSR count). The minimum Gasteiger partial charge on any atom is -0.383 e. The predicted molar refractivity (Wildman–Crippen MR) is 78.5 cm³/mol. The Bertz CT molecular complexity index is 389. The highest BCUT2D eigenvalue weighted by Gasteiger charge is 2.15. The van der Waals surface area contributed by atoms with Crippen molar-refractivity contribution in [2.45, 2.75) is 26.8 Å². The van der Waals surface area contributed by atoms with E-state index in [0.717, 1.165) is 31.9 Å². The van der Waals surface area contributed by atoms with Gasteiger partial charge < -0.3 is 15.0 Å². The van der Waals surface area contributed by atoms with Gasteiger partial charge in [0.05, 0.1) is 12.3 Å². The summed E-state index contributed by atoms with van der Waals surface area (Å²) in [5, 5.41) is 8.03. The number of nitrogens with one attached hydrogen (secondary N) is 1. The van der Waals surface area contributed by atoms with Gasteiger partial charge in [-0.05, 0) is 27.8 Å². The molecule has 5 heteroatoms. The molecule has 0 saturated carbocycles. The summed E-state index contributed by atoms with van der Waals surface area (Å²) in [7, 11) is 5.85. The second-order valence-electron chi connectivity index (χ2n) is 5.18. The Morgan fingerprint density at radius 3 is 2.58 bits per heavy atom. The summed E-state index contributed by atoms with van der Waals surface area (Å²) < 4.78 is 7.02. The molecule has 0 bridgehead atoms. The third kappa shape index (κ3) is 4.60. The molecule has 1 N–H and O–H groups in total. The maximum absolute atomic E-state index is 5.07. The molecule has 0 radical (unpaired) electrons. The van der Waals surface area contributed by atoms with Gasteiger partial charge >= 0.3 is 0 Å². The normalized spacial score (nSPS) is 13.2. The van der Waals surface area contributed by atoms with Crippen LogP contribution in [0.3, 0.4) is 0 Å². The van der Waals surface area contributed by atoms with Crippen LogP contribution in [0.1, 0.15) is 29.9 Å². The van der Waals surface area contributed by atoms with Crippen LogP contribution in [0, 0.1) is 13.8 Å². The molecule has 0 amide bonds. The summed E-state index contributed by atoms with van der Waals surface area (Å²) in [5.41, 5.74) is 3.68. The van der Waals surface area contributed by atoms with Gasteiger partial charge in [0.1, 0.15) is 0 Å². The van der Waals surface area contributed by atoms with Crippen molar-refractivity contribution in [3.63, 3.8) is 0 Å². The van der Waals surface area contributed by atoms with E-state index in [1.165, 1.54) is 11.3 Å². The van der Waals surface area contributed by atoms with Gasteiger partial charge in [0.15, 0.2) is 0 Å². The van der Waals surface area contributed by atoms with E-state index in [9.17, 15) is 0 Å². The fraction of sp³-hybridized carbons (Fsp3) is 0.786.